The molecule has 1 aromatic carbocycles. The lowest BCUT2D eigenvalue weighted by Crippen LogP contribution is -2.15. The third-order valence-corrected chi connectivity index (χ3v) is 5.69. The van der Waals surface area contributed by atoms with E-state index in [0.717, 1.165) is 5.56 Å². The van der Waals surface area contributed by atoms with Crippen LogP contribution in [0.1, 0.15) is 58.0 Å². The number of halogens is 2. The van der Waals surface area contributed by atoms with Gasteiger partial charge in [0.15, 0.2) is 16.9 Å². The molecule has 3 heterocycles. The molecule has 2 N–H and O–H groups in total. The highest BCUT2D eigenvalue weighted by atomic mass is 19.3. The zero-order valence-electron chi connectivity index (χ0n) is 19.5. The van der Waals surface area contributed by atoms with Crippen LogP contribution >= 0.6 is 0 Å². The Morgan fingerprint density at radius 1 is 1.09 bits per heavy atom. The van der Waals surface area contributed by atoms with Crippen LogP contribution in [0.5, 0.6) is 0 Å². The molecule has 180 valence electrons. The van der Waals surface area contributed by atoms with Gasteiger partial charge in [0.1, 0.15) is 17.0 Å². The average molecular weight is 479 g/mol. The Morgan fingerprint density at radius 2 is 1.83 bits per heavy atom. The molecule has 0 aliphatic carbocycles. The predicted molar refractivity (Wildman–Crippen MR) is 128 cm³/mol. The zero-order valence-corrected chi connectivity index (χ0v) is 19.5. The second kappa shape index (κ2) is 9.25. The summed E-state index contributed by atoms with van der Waals surface area (Å²) in [6.45, 7) is 6.90. The number of fused-ring (bicyclic) bond motifs is 1. The van der Waals surface area contributed by atoms with Crippen LogP contribution in [0.3, 0.4) is 0 Å². The molecule has 4 rings (SSSR count). The molecule has 1 unspecified atom stereocenters. The van der Waals surface area contributed by atoms with Crippen LogP contribution in [0, 0.1) is 20.8 Å². The number of carboxylic acid groups (broad SMARTS) is 1. The van der Waals surface area contributed by atoms with Gasteiger partial charge in [-0.3, -0.25) is 4.79 Å². The van der Waals surface area contributed by atoms with Gasteiger partial charge < -0.3 is 14.8 Å². The lowest BCUT2D eigenvalue weighted by Gasteiger charge is -2.19. The molecule has 3 aromatic heterocycles. The minimum absolute atomic E-state index is 0.102. The molecule has 1 atom stereocenters. The molecule has 0 aliphatic rings. The van der Waals surface area contributed by atoms with Gasteiger partial charge in [-0.15, -0.1) is 0 Å². The van der Waals surface area contributed by atoms with Crippen LogP contribution in [0.2, 0.25) is 0 Å². The van der Waals surface area contributed by atoms with Gasteiger partial charge >= 0.3 is 5.97 Å². The number of nitrogens with zero attached hydrogens (tertiary/aromatic N) is 2. The third kappa shape index (κ3) is 4.62. The molecule has 0 bridgehead atoms. The van der Waals surface area contributed by atoms with Crippen LogP contribution in [0.25, 0.3) is 22.4 Å². The fraction of sp³-hybridized carbons (Fsp3) is 0.231. The van der Waals surface area contributed by atoms with Gasteiger partial charge in [0, 0.05) is 16.8 Å². The largest absolute Gasteiger partial charge is 0.476 e. The average Bonchev–Trinajstić information content (AvgIpc) is 2.82. The maximum Gasteiger partial charge on any atom is 0.356 e. The van der Waals surface area contributed by atoms with E-state index in [2.05, 4.69) is 15.3 Å². The third-order valence-electron chi connectivity index (χ3n) is 5.69. The number of aromatic nitrogens is 2. The standard InChI is InChI=1S/C26H23F2N3O4/c1-12-10-16(15(4)30-18-9-8-13(2)29-21(18)26(33)34)24-17(11-12)22(32)14(3)23(35-24)19-6-5-7-20(31-19)25(27)28/h5-11,15,25,30H,1-4H3,(H,33,34). The summed E-state index contributed by atoms with van der Waals surface area (Å²) in [7, 11) is 0. The van der Waals surface area contributed by atoms with Crippen molar-refractivity contribution in [1.29, 1.82) is 0 Å². The topological polar surface area (TPSA) is 105 Å². The first-order chi connectivity index (χ1) is 16.6. The van der Waals surface area contributed by atoms with E-state index in [0.29, 0.717) is 22.3 Å². The lowest BCUT2D eigenvalue weighted by atomic mass is 9.99. The molecule has 7 nitrogen and oxygen atoms in total. The van der Waals surface area contributed by atoms with Crippen molar-refractivity contribution in [2.75, 3.05) is 5.32 Å². The molecular weight excluding hydrogens is 456 g/mol. The van der Waals surface area contributed by atoms with Crippen molar-refractivity contribution < 1.29 is 23.1 Å². The number of rotatable bonds is 6. The number of aromatic carboxylic acids is 1. The molecule has 0 aliphatic heterocycles. The smallest absolute Gasteiger partial charge is 0.356 e. The molecule has 0 radical (unpaired) electrons. The minimum Gasteiger partial charge on any atom is -0.476 e. The summed E-state index contributed by atoms with van der Waals surface area (Å²) >= 11 is 0. The number of alkyl halides is 2. The van der Waals surface area contributed by atoms with E-state index in [4.69, 9.17) is 4.42 Å². The van der Waals surface area contributed by atoms with E-state index in [9.17, 15) is 23.5 Å². The summed E-state index contributed by atoms with van der Waals surface area (Å²) in [4.78, 5) is 33.0. The number of pyridine rings is 2. The summed E-state index contributed by atoms with van der Waals surface area (Å²) in [5, 5.41) is 13.0. The van der Waals surface area contributed by atoms with Crippen molar-refractivity contribution in [3.8, 4) is 11.5 Å². The van der Waals surface area contributed by atoms with Crippen LogP contribution in [-0.2, 0) is 0 Å². The number of aryl methyl sites for hydroxylation is 2. The number of hydrogen-bond acceptors (Lipinski definition) is 6. The summed E-state index contributed by atoms with van der Waals surface area (Å²) in [6.07, 6.45) is -2.77. The van der Waals surface area contributed by atoms with Gasteiger partial charge in [0.25, 0.3) is 6.43 Å². The maximum absolute atomic E-state index is 13.3. The molecule has 35 heavy (non-hydrogen) atoms. The van der Waals surface area contributed by atoms with Gasteiger partial charge in [-0.1, -0.05) is 12.1 Å². The first kappa shape index (κ1) is 24.0. The van der Waals surface area contributed by atoms with E-state index in [1.54, 1.807) is 39.0 Å². The van der Waals surface area contributed by atoms with Crippen molar-refractivity contribution in [3.63, 3.8) is 0 Å². The Morgan fingerprint density at radius 3 is 2.51 bits per heavy atom. The zero-order chi connectivity index (χ0) is 25.4. The van der Waals surface area contributed by atoms with E-state index < -0.39 is 24.1 Å². The highest BCUT2D eigenvalue weighted by molar-refractivity contribution is 5.92. The van der Waals surface area contributed by atoms with Crippen LogP contribution in [-0.4, -0.2) is 21.0 Å². The molecule has 0 saturated heterocycles. The van der Waals surface area contributed by atoms with Crippen molar-refractivity contribution in [2.24, 2.45) is 0 Å². The quantitative estimate of drug-likeness (QED) is 0.350. The summed E-state index contributed by atoms with van der Waals surface area (Å²) in [5.74, 6) is -1.07. The Bertz CT molecular complexity index is 1510. The molecule has 9 heteroatoms. The monoisotopic (exact) mass is 479 g/mol. The molecule has 0 spiro atoms. The number of anilines is 1. The van der Waals surface area contributed by atoms with Gasteiger partial charge in [-0.2, -0.15) is 0 Å². The second-order valence-corrected chi connectivity index (χ2v) is 8.38. The molecule has 4 aromatic rings. The Balaban J connectivity index is 1.89. The van der Waals surface area contributed by atoms with Crippen molar-refractivity contribution in [2.45, 2.75) is 40.2 Å². The molecule has 0 fully saturated rings. The van der Waals surface area contributed by atoms with Crippen LogP contribution in [0.15, 0.2) is 51.7 Å². The van der Waals surface area contributed by atoms with Crippen LogP contribution < -0.4 is 10.7 Å². The number of hydrogen-bond donors (Lipinski definition) is 2. The Kier molecular flexibility index (Phi) is 6.34. The maximum atomic E-state index is 13.3. The number of carboxylic acids is 1. The Labute approximate surface area is 199 Å². The van der Waals surface area contributed by atoms with Gasteiger partial charge in [-0.05, 0) is 63.6 Å². The van der Waals surface area contributed by atoms with E-state index in [1.165, 1.54) is 18.2 Å². The number of nitrogens with one attached hydrogen (secondary N) is 1. The normalized spacial score (nSPS) is 12.2. The van der Waals surface area contributed by atoms with Crippen molar-refractivity contribution >= 4 is 22.6 Å². The fourth-order valence-corrected chi connectivity index (χ4v) is 3.98. The van der Waals surface area contributed by atoms with Gasteiger partial charge in [-0.25, -0.2) is 23.5 Å². The first-order valence-corrected chi connectivity index (χ1v) is 10.9. The van der Waals surface area contributed by atoms with E-state index in [1.807, 2.05) is 13.0 Å². The van der Waals surface area contributed by atoms with E-state index >= 15 is 0 Å². The van der Waals surface area contributed by atoms with Crippen molar-refractivity contribution in [3.05, 3.63) is 86.5 Å². The fourth-order valence-electron chi connectivity index (χ4n) is 3.98. The van der Waals surface area contributed by atoms with Crippen molar-refractivity contribution in [1.82, 2.24) is 9.97 Å². The molecule has 0 amide bonds. The number of carbonyl (C=O) groups is 1. The number of benzene rings is 1. The highest BCUT2D eigenvalue weighted by Crippen LogP contribution is 2.32. The molecular formula is C26H23F2N3O4. The van der Waals surface area contributed by atoms with Gasteiger partial charge in [0.2, 0.25) is 0 Å². The van der Waals surface area contributed by atoms with Gasteiger partial charge in [0.05, 0.1) is 17.1 Å². The summed E-state index contributed by atoms with van der Waals surface area (Å²) in [5.41, 5.74) is 2.08. The summed E-state index contributed by atoms with van der Waals surface area (Å²) in [6, 6.07) is 10.5. The SMILES string of the molecule is Cc1cc(C(C)Nc2ccc(C)nc2C(=O)O)c2oc(-c3cccc(C(F)F)n3)c(C)c(=O)c2c1. The van der Waals surface area contributed by atoms with E-state index in [-0.39, 0.29) is 33.7 Å². The highest BCUT2D eigenvalue weighted by Gasteiger charge is 2.22. The summed E-state index contributed by atoms with van der Waals surface area (Å²) < 4.78 is 32.6. The minimum atomic E-state index is -2.77. The predicted octanol–water partition coefficient (Wildman–Crippen LogP) is 5.98. The lowest BCUT2D eigenvalue weighted by molar-refractivity contribution is 0.0691. The first-order valence-electron chi connectivity index (χ1n) is 10.9. The molecule has 0 saturated carbocycles. The second-order valence-electron chi connectivity index (χ2n) is 8.38. The Hall–Kier alpha value is -4.14. The van der Waals surface area contributed by atoms with Crippen LogP contribution in [0.4, 0.5) is 14.5 Å².